The molecule has 4 atom stereocenters. The molecule has 4 fully saturated rings. The number of aromatic nitrogens is 1. The first kappa shape index (κ1) is 47.1. The highest BCUT2D eigenvalue weighted by molar-refractivity contribution is 7.26. The molecule has 5 heteroatoms. The lowest BCUT2D eigenvalue weighted by molar-refractivity contribution is -0.141. The molecule has 81 heavy (non-hydrogen) atoms. The highest BCUT2D eigenvalue weighted by Gasteiger charge is 2.60. The van der Waals surface area contributed by atoms with Gasteiger partial charge in [0.15, 0.2) is 0 Å². The third kappa shape index (κ3) is 6.88. The SMILES string of the molecule is CCCCc1ccc(N2c3cc(N(c4ccccc4)c4ccccc4)cc4c3B(c3c2sc2cc5ccccc5cc32)n2c3ccc(C5(C)CC=C6CC6C5)cc3c3cc(C5(C)CC6CC7CC(C5)C76)cc-4c32)c(-c2ccccc2)c1. The second-order valence-electron chi connectivity index (χ2n) is 26.5. The van der Waals surface area contributed by atoms with Gasteiger partial charge >= 0.3 is 6.85 Å². The molecule has 0 saturated heterocycles. The van der Waals surface area contributed by atoms with E-state index in [-0.39, 0.29) is 17.7 Å². The number of benzene rings is 9. The highest BCUT2D eigenvalue weighted by Crippen LogP contribution is 2.68. The number of unbranched alkanes of at least 4 members (excludes halogenated alkanes) is 1. The van der Waals surface area contributed by atoms with Gasteiger partial charge in [-0.3, -0.25) is 0 Å². The first-order valence-corrected chi connectivity index (χ1v) is 31.4. The molecule has 4 unspecified atom stereocenters. The highest BCUT2D eigenvalue weighted by atomic mass is 32.1. The van der Waals surface area contributed by atoms with Crippen molar-refractivity contribution >= 4 is 105 Å². The van der Waals surface area contributed by atoms with Crippen molar-refractivity contribution in [2.75, 3.05) is 9.80 Å². The van der Waals surface area contributed by atoms with Crippen molar-refractivity contribution in [1.29, 1.82) is 0 Å². The third-order valence-corrected chi connectivity index (χ3v) is 22.8. The number of rotatable bonds is 10. The molecule has 9 aromatic carbocycles. The molecular formula is C76H66BN3S. The molecule has 4 saturated carbocycles. The molecule has 0 bridgehead atoms. The van der Waals surface area contributed by atoms with E-state index in [1.54, 1.807) is 11.1 Å². The van der Waals surface area contributed by atoms with Gasteiger partial charge in [0, 0.05) is 60.4 Å². The average Bonchev–Trinajstić information content (AvgIpc) is 3.93. The zero-order valence-corrected chi connectivity index (χ0v) is 47.6. The van der Waals surface area contributed by atoms with E-state index in [1.165, 1.54) is 160 Å². The second kappa shape index (κ2) is 17.2. The van der Waals surface area contributed by atoms with Crippen LogP contribution in [-0.2, 0) is 17.3 Å². The maximum Gasteiger partial charge on any atom is 0.334 e. The lowest BCUT2D eigenvalue weighted by atomic mass is 9.39. The molecule has 394 valence electrons. The van der Waals surface area contributed by atoms with Gasteiger partial charge in [0.05, 0.1) is 10.7 Å². The Hall–Kier alpha value is -7.60. The van der Waals surface area contributed by atoms with Crippen molar-refractivity contribution in [3.05, 3.63) is 216 Å². The van der Waals surface area contributed by atoms with Crippen molar-refractivity contribution in [3.8, 4) is 22.3 Å². The van der Waals surface area contributed by atoms with Gasteiger partial charge in [-0.05, 0) is 238 Å². The Morgan fingerprint density at radius 3 is 2.02 bits per heavy atom. The van der Waals surface area contributed by atoms with Gasteiger partial charge in [0.1, 0.15) is 0 Å². The van der Waals surface area contributed by atoms with Gasteiger partial charge in [-0.15, -0.1) is 11.3 Å². The average molecular weight is 1060 g/mol. The van der Waals surface area contributed by atoms with Gasteiger partial charge in [0.2, 0.25) is 0 Å². The molecule has 11 aromatic rings. The molecule has 0 radical (unpaired) electrons. The molecule has 0 N–H and O–H groups in total. The van der Waals surface area contributed by atoms with Crippen LogP contribution in [-0.4, -0.2) is 11.3 Å². The Balaban J connectivity index is 0.988. The lowest BCUT2D eigenvalue weighted by Gasteiger charge is -2.65. The van der Waals surface area contributed by atoms with Crippen LogP contribution in [0.1, 0.15) is 95.2 Å². The summed E-state index contributed by atoms with van der Waals surface area (Å²) in [5, 5.41) is 8.11. The number of aryl methyl sites for hydroxylation is 1. The van der Waals surface area contributed by atoms with Crippen LogP contribution < -0.4 is 20.7 Å². The van der Waals surface area contributed by atoms with Crippen molar-refractivity contribution in [2.24, 2.45) is 29.6 Å². The van der Waals surface area contributed by atoms with Crippen LogP contribution in [0.4, 0.5) is 33.4 Å². The molecule has 0 amide bonds. The van der Waals surface area contributed by atoms with Crippen LogP contribution in [0.2, 0.25) is 0 Å². The maximum absolute atomic E-state index is 2.87. The van der Waals surface area contributed by atoms with Crippen LogP contribution in [0, 0.1) is 29.6 Å². The van der Waals surface area contributed by atoms with E-state index in [9.17, 15) is 0 Å². The normalized spacial score (nSPS) is 24.3. The first-order valence-electron chi connectivity index (χ1n) is 30.6. The van der Waals surface area contributed by atoms with E-state index in [0.717, 1.165) is 53.8 Å². The lowest BCUT2D eigenvalue weighted by Crippen LogP contribution is -2.58. The largest absolute Gasteiger partial charge is 0.375 e. The van der Waals surface area contributed by atoms with Crippen molar-refractivity contribution < 1.29 is 0 Å². The number of hydrogen-bond acceptors (Lipinski definition) is 3. The van der Waals surface area contributed by atoms with Gasteiger partial charge < -0.3 is 14.3 Å². The number of allylic oxidation sites excluding steroid dienone is 2. The summed E-state index contributed by atoms with van der Waals surface area (Å²) in [7, 11) is 0. The first-order chi connectivity index (χ1) is 39.8. The Bertz CT molecular complexity index is 4420. The number of thiophene rings is 1. The van der Waals surface area contributed by atoms with E-state index >= 15 is 0 Å². The minimum absolute atomic E-state index is 0.0875. The summed E-state index contributed by atoms with van der Waals surface area (Å²) in [6.45, 7) is 7.46. The van der Waals surface area contributed by atoms with E-state index in [2.05, 4.69) is 229 Å². The van der Waals surface area contributed by atoms with Crippen LogP contribution in [0.3, 0.4) is 0 Å². The predicted octanol–water partition coefficient (Wildman–Crippen LogP) is 19.4. The molecule has 5 aliphatic carbocycles. The molecule has 3 nitrogen and oxygen atoms in total. The number of nitrogens with zero attached hydrogens (tertiary/aromatic N) is 3. The summed E-state index contributed by atoms with van der Waals surface area (Å²) in [6, 6.07) is 73.6. The van der Waals surface area contributed by atoms with E-state index < -0.39 is 0 Å². The van der Waals surface area contributed by atoms with Crippen molar-refractivity contribution in [2.45, 2.75) is 95.8 Å². The Kier molecular flexibility index (Phi) is 10.0. The smallest absolute Gasteiger partial charge is 0.334 e. The van der Waals surface area contributed by atoms with E-state index in [4.69, 9.17) is 0 Å². The molecule has 2 aromatic heterocycles. The summed E-state index contributed by atoms with van der Waals surface area (Å²) >= 11 is 1.99. The standard InChI is InChI=1S/C76H66BN3S/c1-4-5-17-46-26-28-66(60(32-46)47-18-9-6-10-19-47)79-68-42-59(78(57-22-11-7-12-23-57)58-24-13-8-14-25-58)41-62-64-40-56(76(3)44-53-34-51-35-54(45-76)70(51)53)39-63-61-38-55(75(2)31-30-50-33-52(50)43-75)27-29-67(61)80(73(63)64)77(71(62)68)72-65-36-48-20-15-16-21-49(48)37-69(65)81-74(72)79/h6-16,18-30,32,36-42,51-54,70H,4-5,17,31,33-35,43-45H2,1-3H3. The summed E-state index contributed by atoms with van der Waals surface area (Å²) in [4.78, 5) is 5.27. The third-order valence-electron chi connectivity index (χ3n) is 21.7. The minimum atomic E-state index is -0.0875. The number of anilines is 6. The molecular weight excluding hydrogens is 998 g/mol. The zero-order chi connectivity index (χ0) is 53.5. The van der Waals surface area contributed by atoms with E-state index in [1.807, 2.05) is 11.3 Å². The summed E-state index contributed by atoms with van der Waals surface area (Å²) in [5.74, 6) is 4.42. The van der Waals surface area contributed by atoms with Crippen LogP contribution in [0.15, 0.2) is 200 Å². The maximum atomic E-state index is 2.87. The number of hydrogen-bond donors (Lipinski definition) is 0. The van der Waals surface area contributed by atoms with Crippen LogP contribution >= 0.6 is 11.3 Å². The topological polar surface area (TPSA) is 11.4 Å². The van der Waals surface area contributed by atoms with Gasteiger partial charge in [-0.25, -0.2) is 0 Å². The van der Waals surface area contributed by atoms with E-state index in [0.29, 0.717) is 0 Å². The quantitative estimate of drug-likeness (QED) is 0.0999. The number of para-hydroxylation sites is 2. The van der Waals surface area contributed by atoms with Gasteiger partial charge in [-0.2, -0.15) is 0 Å². The van der Waals surface area contributed by atoms with Gasteiger partial charge in [0.25, 0.3) is 0 Å². The molecule has 0 spiro atoms. The van der Waals surface area contributed by atoms with Crippen LogP contribution in [0.5, 0.6) is 0 Å². The number of fused-ring (bicyclic) bond motifs is 11. The molecule has 4 heterocycles. The van der Waals surface area contributed by atoms with Gasteiger partial charge in [-0.1, -0.05) is 142 Å². The van der Waals surface area contributed by atoms with Crippen molar-refractivity contribution in [1.82, 2.24) is 4.48 Å². The molecule has 2 aliphatic heterocycles. The Labute approximate surface area is 480 Å². The summed E-state index contributed by atoms with van der Waals surface area (Å²) < 4.78 is 4.21. The molecule has 18 rings (SSSR count). The van der Waals surface area contributed by atoms with Crippen LogP contribution in [0.25, 0.3) is 64.9 Å². The predicted molar refractivity (Wildman–Crippen MR) is 344 cm³/mol. The summed E-state index contributed by atoms with van der Waals surface area (Å²) in [6.07, 6.45) is 15.1. The Morgan fingerprint density at radius 2 is 1.30 bits per heavy atom. The fourth-order valence-electron chi connectivity index (χ4n) is 17.6. The van der Waals surface area contributed by atoms with Crippen molar-refractivity contribution in [3.63, 3.8) is 0 Å². The second-order valence-corrected chi connectivity index (χ2v) is 27.5. The Morgan fingerprint density at radius 1 is 0.580 bits per heavy atom. The zero-order valence-electron chi connectivity index (χ0n) is 46.8. The minimum Gasteiger partial charge on any atom is -0.375 e. The fourth-order valence-corrected chi connectivity index (χ4v) is 18.9. The molecule has 7 aliphatic rings. The monoisotopic (exact) mass is 1060 g/mol. The fraction of sp³-hybridized carbons (Fsp3) is 0.263. The summed E-state index contributed by atoms with van der Waals surface area (Å²) in [5.41, 5.74) is 23.2.